The average molecular weight is 218 g/mol. The molecule has 2 nitrogen and oxygen atoms in total. The van der Waals surface area contributed by atoms with E-state index in [4.69, 9.17) is 5.11 Å². The van der Waals surface area contributed by atoms with Crippen LogP contribution in [0.4, 0.5) is 0 Å². The van der Waals surface area contributed by atoms with Crippen LogP contribution in [0.25, 0.3) is 0 Å². The highest BCUT2D eigenvalue weighted by molar-refractivity contribution is 7.99. The molecule has 0 aromatic heterocycles. The molecular weight excluding hydrogens is 196 g/mol. The topological polar surface area (TPSA) is 40.5 Å². The van der Waals surface area contributed by atoms with Crippen molar-refractivity contribution in [3.63, 3.8) is 0 Å². The molecule has 0 radical (unpaired) electrons. The van der Waals surface area contributed by atoms with Gasteiger partial charge in [0.2, 0.25) is 0 Å². The smallest absolute Gasteiger partial charge is 0.0568 e. The molecule has 0 saturated heterocycles. The zero-order valence-electron chi connectivity index (χ0n) is 8.98. The van der Waals surface area contributed by atoms with E-state index < -0.39 is 0 Å². The van der Waals surface area contributed by atoms with Gasteiger partial charge in [0.1, 0.15) is 0 Å². The molecule has 1 aliphatic carbocycles. The van der Waals surface area contributed by atoms with E-state index in [-0.39, 0.29) is 12.7 Å². The molecule has 0 aromatic rings. The van der Waals surface area contributed by atoms with Crippen LogP contribution in [0.5, 0.6) is 0 Å². The van der Waals surface area contributed by atoms with E-state index in [9.17, 15) is 5.11 Å². The van der Waals surface area contributed by atoms with Crippen molar-refractivity contribution in [1.29, 1.82) is 0 Å². The molecule has 0 heterocycles. The first kappa shape index (κ1) is 12.3. The van der Waals surface area contributed by atoms with Crippen LogP contribution in [0.3, 0.4) is 0 Å². The third-order valence-corrected chi connectivity index (χ3v) is 4.18. The van der Waals surface area contributed by atoms with Gasteiger partial charge in [-0.25, -0.2) is 0 Å². The summed E-state index contributed by atoms with van der Waals surface area (Å²) in [4.78, 5) is 0. The Morgan fingerprint density at radius 2 is 2.07 bits per heavy atom. The lowest BCUT2D eigenvalue weighted by molar-refractivity contribution is 0.0657. The maximum Gasteiger partial charge on any atom is 0.0568 e. The number of thioether (sulfide) groups is 1. The number of aliphatic hydroxyl groups excluding tert-OH is 2. The molecule has 84 valence electrons. The normalized spacial score (nSPS) is 30.2. The minimum Gasteiger partial charge on any atom is -0.396 e. The molecule has 1 aliphatic rings. The summed E-state index contributed by atoms with van der Waals surface area (Å²) < 4.78 is 0. The minimum absolute atomic E-state index is 0.0686. The highest BCUT2D eigenvalue weighted by atomic mass is 32.2. The van der Waals surface area contributed by atoms with Crippen LogP contribution < -0.4 is 0 Å². The quantitative estimate of drug-likeness (QED) is 0.742. The molecule has 2 N–H and O–H groups in total. The lowest BCUT2D eigenvalue weighted by Crippen LogP contribution is -2.26. The summed E-state index contributed by atoms with van der Waals surface area (Å²) in [7, 11) is 0. The second-order valence-corrected chi connectivity index (χ2v) is 5.80. The maximum absolute atomic E-state index is 9.78. The van der Waals surface area contributed by atoms with Crippen molar-refractivity contribution in [3.8, 4) is 0 Å². The van der Waals surface area contributed by atoms with Crippen LogP contribution in [0.1, 0.15) is 39.0 Å². The fourth-order valence-electron chi connectivity index (χ4n) is 2.21. The monoisotopic (exact) mass is 218 g/mol. The summed E-state index contributed by atoms with van der Waals surface area (Å²) in [5.41, 5.74) is 0. The molecule has 0 amide bonds. The van der Waals surface area contributed by atoms with Gasteiger partial charge in [-0.05, 0) is 25.2 Å². The number of hydrogen-bond acceptors (Lipinski definition) is 3. The predicted octanol–water partition coefficient (Wildman–Crippen LogP) is 2.04. The van der Waals surface area contributed by atoms with Crippen LogP contribution in [0, 0.1) is 5.92 Å². The largest absolute Gasteiger partial charge is 0.396 e. The molecular formula is C11H22O2S. The fraction of sp³-hybridized carbons (Fsp3) is 1.00. The van der Waals surface area contributed by atoms with Gasteiger partial charge in [0.05, 0.1) is 12.7 Å². The van der Waals surface area contributed by atoms with Gasteiger partial charge >= 0.3 is 0 Å². The molecule has 3 unspecified atom stereocenters. The van der Waals surface area contributed by atoms with Gasteiger partial charge in [0.15, 0.2) is 0 Å². The zero-order chi connectivity index (χ0) is 10.4. The molecule has 1 rings (SSSR count). The summed E-state index contributed by atoms with van der Waals surface area (Å²) in [5.74, 6) is 1.33. The minimum atomic E-state index is -0.0686. The first-order valence-corrected chi connectivity index (χ1v) is 6.69. The van der Waals surface area contributed by atoms with Crippen molar-refractivity contribution in [1.82, 2.24) is 0 Å². The summed E-state index contributed by atoms with van der Waals surface area (Å²) in [5, 5.41) is 19.1. The Morgan fingerprint density at radius 3 is 2.71 bits per heavy atom. The standard InChI is InChI=1S/C11H22O2S/c1-9(14-7-6-12)8-10-4-2-3-5-11(10)13/h9-13H,2-8H2,1H3. The highest BCUT2D eigenvalue weighted by Crippen LogP contribution is 2.30. The molecule has 3 atom stereocenters. The Bertz CT molecular complexity index is 152. The number of rotatable bonds is 5. The van der Waals surface area contributed by atoms with Gasteiger partial charge in [-0.15, -0.1) is 0 Å². The van der Waals surface area contributed by atoms with Crippen LogP contribution in [-0.4, -0.2) is 33.9 Å². The van der Waals surface area contributed by atoms with E-state index >= 15 is 0 Å². The molecule has 14 heavy (non-hydrogen) atoms. The van der Waals surface area contributed by atoms with E-state index in [1.807, 2.05) is 11.8 Å². The number of aliphatic hydroxyl groups is 2. The van der Waals surface area contributed by atoms with Crippen LogP contribution >= 0.6 is 11.8 Å². The predicted molar refractivity (Wildman–Crippen MR) is 61.6 cm³/mol. The van der Waals surface area contributed by atoms with Crippen molar-refractivity contribution in [3.05, 3.63) is 0 Å². The Morgan fingerprint density at radius 1 is 1.36 bits per heavy atom. The molecule has 1 saturated carbocycles. The Labute approximate surface area is 91.1 Å². The summed E-state index contributed by atoms with van der Waals surface area (Å²) in [6, 6.07) is 0. The molecule has 3 heteroatoms. The first-order valence-electron chi connectivity index (χ1n) is 5.64. The summed E-state index contributed by atoms with van der Waals surface area (Å²) in [6.45, 7) is 2.46. The van der Waals surface area contributed by atoms with Gasteiger partial charge in [-0.3, -0.25) is 0 Å². The third-order valence-electron chi connectivity index (χ3n) is 3.00. The van der Waals surface area contributed by atoms with Crippen LogP contribution in [0.15, 0.2) is 0 Å². The van der Waals surface area contributed by atoms with Crippen molar-refractivity contribution in [2.24, 2.45) is 5.92 Å². The summed E-state index contributed by atoms with van der Waals surface area (Å²) in [6.07, 6.45) is 5.68. The summed E-state index contributed by atoms with van der Waals surface area (Å²) >= 11 is 1.81. The number of hydrogen-bond donors (Lipinski definition) is 2. The Kier molecular flexibility index (Phi) is 5.90. The molecule has 0 aliphatic heterocycles. The van der Waals surface area contributed by atoms with Crippen molar-refractivity contribution in [2.75, 3.05) is 12.4 Å². The third kappa shape index (κ3) is 4.20. The van der Waals surface area contributed by atoms with Gasteiger partial charge < -0.3 is 10.2 Å². The van der Waals surface area contributed by atoms with E-state index in [1.165, 1.54) is 19.3 Å². The zero-order valence-corrected chi connectivity index (χ0v) is 9.80. The van der Waals surface area contributed by atoms with Crippen molar-refractivity contribution in [2.45, 2.75) is 50.4 Å². The van der Waals surface area contributed by atoms with E-state index in [0.29, 0.717) is 11.2 Å². The maximum atomic E-state index is 9.78. The Hall–Kier alpha value is 0.270. The molecule has 0 bridgehead atoms. The van der Waals surface area contributed by atoms with Crippen molar-refractivity contribution >= 4 is 11.8 Å². The second kappa shape index (κ2) is 6.70. The SMILES string of the molecule is CC(CC1CCCCC1O)SCCO. The van der Waals surface area contributed by atoms with E-state index in [0.717, 1.165) is 18.6 Å². The molecule has 0 spiro atoms. The molecule has 0 aromatic carbocycles. The lowest BCUT2D eigenvalue weighted by atomic mass is 9.84. The Balaban J connectivity index is 2.20. The second-order valence-electron chi connectivity index (χ2n) is 4.25. The fourth-order valence-corrected chi connectivity index (χ4v) is 3.10. The van der Waals surface area contributed by atoms with Crippen LogP contribution in [0.2, 0.25) is 0 Å². The van der Waals surface area contributed by atoms with Gasteiger partial charge in [0, 0.05) is 11.0 Å². The van der Waals surface area contributed by atoms with Crippen molar-refractivity contribution < 1.29 is 10.2 Å². The highest BCUT2D eigenvalue weighted by Gasteiger charge is 2.24. The lowest BCUT2D eigenvalue weighted by Gasteiger charge is -2.29. The average Bonchev–Trinajstić information content (AvgIpc) is 2.18. The van der Waals surface area contributed by atoms with E-state index in [1.54, 1.807) is 0 Å². The van der Waals surface area contributed by atoms with Gasteiger partial charge in [0.25, 0.3) is 0 Å². The molecule has 1 fully saturated rings. The van der Waals surface area contributed by atoms with Crippen LogP contribution in [-0.2, 0) is 0 Å². The first-order chi connectivity index (χ1) is 6.74. The van der Waals surface area contributed by atoms with Gasteiger partial charge in [-0.1, -0.05) is 19.8 Å². The van der Waals surface area contributed by atoms with Gasteiger partial charge in [-0.2, -0.15) is 11.8 Å². The van der Waals surface area contributed by atoms with E-state index in [2.05, 4.69) is 6.92 Å².